The zero-order valence-electron chi connectivity index (χ0n) is 36.7. The number of fused-ring (bicyclic) bond motifs is 1. The van der Waals surface area contributed by atoms with Gasteiger partial charge in [0.15, 0.2) is 0 Å². The zero-order valence-corrected chi connectivity index (χ0v) is 38.4. The largest absolute Gasteiger partial charge is 0.380 e. The zero-order chi connectivity index (χ0) is 48.3. The van der Waals surface area contributed by atoms with Crippen molar-refractivity contribution >= 4 is 89.1 Å². The lowest BCUT2D eigenvalue weighted by Crippen LogP contribution is -2.48. The third-order valence-corrected chi connectivity index (χ3v) is 15.7. The molecule has 7 nitrogen and oxygen atoms in total. The number of benzene rings is 6. The van der Waals surface area contributed by atoms with E-state index in [1.165, 1.54) is 35.8 Å². The van der Waals surface area contributed by atoms with Crippen molar-refractivity contribution < 1.29 is 45.5 Å². The van der Waals surface area contributed by atoms with Gasteiger partial charge in [-0.05, 0) is 77.7 Å². The fourth-order valence-electron chi connectivity index (χ4n) is 10.1. The Morgan fingerprint density at radius 2 is 1.00 bits per heavy atom. The Morgan fingerprint density at radius 1 is 0.522 bits per heavy atom. The molecule has 0 saturated carbocycles. The number of hydrogen-bond acceptors (Lipinski definition) is 7. The number of halogens is 6. The van der Waals surface area contributed by atoms with Crippen molar-refractivity contribution in [3.63, 3.8) is 0 Å². The van der Waals surface area contributed by atoms with Crippen molar-refractivity contribution in [2.45, 2.75) is 38.2 Å². The molecule has 11 rings (SSSR count). The molecule has 69 heavy (non-hydrogen) atoms. The van der Waals surface area contributed by atoms with E-state index in [-0.39, 0.29) is 53.4 Å². The molecule has 8 aromatic rings. The van der Waals surface area contributed by atoms with Crippen molar-refractivity contribution in [3.8, 4) is 10.4 Å². The molecule has 0 atom stereocenters. The van der Waals surface area contributed by atoms with Crippen molar-refractivity contribution in [3.05, 3.63) is 176 Å². The van der Waals surface area contributed by atoms with Gasteiger partial charge in [-0.15, -0.1) is 22.7 Å². The molecule has 6 aromatic carbocycles. The average molecular weight is 970 g/mol. The minimum Gasteiger partial charge on any atom is -0.296 e. The van der Waals surface area contributed by atoms with Crippen LogP contribution >= 0.6 is 22.7 Å². The highest BCUT2D eigenvalue weighted by atomic mass is 32.1. The van der Waals surface area contributed by atoms with Crippen LogP contribution in [0.5, 0.6) is 0 Å². The number of imide groups is 2. The summed E-state index contributed by atoms with van der Waals surface area (Å²) >= 11 is 2.08. The first-order valence-electron chi connectivity index (χ1n) is 22.0. The number of aryl methyl sites for hydroxylation is 2. The molecule has 1 aliphatic carbocycles. The third kappa shape index (κ3) is 6.72. The molecule has 2 aromatic heterocycles. The fourth-order valence-corrected chi connectivity index (χ4v) is 12.2. The minimum atomic E-state index is -5.71. The maximum Gasteiger partial charge on any atom is 0.380 e. The first kappa shape index (κ1) is 44.6. The lowest BCUT2D eigenvalue weighted by Gasteiger charge is -2.32. The Hall–Kier alpha value is -6.94. The highest BCUT2D eigenvalue weighted by molar-refractivity contribution is 7.19. The lowest BCUT2D eigenvalue weighted by molar-refractivity contribution is -0.254. The molecule has 0 spiro atoms. The topological polar surface area (TPSA) is 78.0 Å². The quantitative estimate of drug-likeness (QED) is 0.0953. The number of thiophene rings is 2. The molecule has 4 amide bonds. The van der Waals surface area contributed by atoms with Gasteiger partial charge >= 0.3 is 17.8 Å². The minimum absolute atomic E-state index is 0.0248. The van der Waals surface area contributed by atoms with E-state index in [4.69, 9.17) is 0 Å². The molecule has 2 aliphatic heterocycles. The molecule has 3 aliphatic rings. The summed E-state index contributed by atoms with van der Waals surface area (Å²) in [5.41, 5.74) is -0.654. The van der Waals surface area contributed by atoms with Gasteiger partial charge in [0.05, 0.1) is 0 Å². The number of amides is 4. The maximum atomic E-state index is 16.0. The van der Waals surface area contributed by atoms with E-state index < -0.39 is 58.1 Å². The fraction of sp³-hybridized carbons (Fsp3) is 0.185. The summed E-state index contributed by atoms with van der Waals surface area (Å²) in [5.74, 6) is -17.9. The molecule has 0 bridgehead atoms. The summed E-state index contributed by atoms with van der Waals surface area (Å²) in [7, 11) is 0. The molecular formula is C54H37F6N3O4S2. The van der Waals surface area contributed by atoms with Crippen molar-refractivity contribution in [2.24, 2.45) is 0 Å². The highest BCUT2D eigenvalue weighted by Crippen LogP contribution is 2.66. The van der Waals surface area contributed by atoms with Crippen molar-refractivity contribution in [2.75, 3.05) is 26.2 Å². The average Bonchev–Trinajstić information content (AvgIpc) is 3.91. The summed E-state index contributed by atoms with van der Waals surface area (Å²) in [5, 5.41) is 2.89. The number of carbonyl (C=O) groups excluding carboxylic acids is 4. The normalized spacial score (nSPS) is 17.2. The second-order valence-corrected chi connectivity index (χ2v) is 20.0. The Kier molecular flexibility index (Phi) is 10.4. The third-order valence-electron chi connectivity index (χ3n) is 13.5. The number of nitrogens with zero attached hydrogens (tertiary/aromatic N) is 3. The van der Waals surface area contributed by atoms with Crippen LogP contribution in [0.2, 0.25) is 0 Å². The Morgan fingerprint density at radius 3 is 1.51 bits per heavy atom. The number of alkyl halides is 6. The molecule has 0 N–H and O–H groups in total. The van der Waals surface area contributed by atoms with E-state index >= 15 is 26.3 Å². The first-order valence-corrected chi connectivity index (χ1v) is 23.7. The first-order chi connectivity index (χ1) is 33.0. The van der Waals surface area contributed by atoms with Gasteiger partial charge < -0.3 is 0 Å². The van der Waals surface area contributed by atoms with E-state index in [1.54, 1.807) is 91.0 Å². The van der Waals surface area contributed by atoms with Gasteiger partial charge in [0.2, 0.25) is 0 Å². The van der Waals surface area contributed by atoms with E-state index in [0.29, 0.717) is 48.2 Å². The maximum absolute atomic E-state index is 16.0. The summed E-state index contributed by atoms with van der Waals surface area (Å²) in [6.45, 7) is 3.35. The summed E-state index contributed by atoms with van der Waals surface area (Å²) in [4.78, 5) is 60.6. The van der Waals surface area contributed by atoms with E-state index in [2.05, 4.69) is 0 Å². The van der Waals surface area contributed by atoms with Crippen molar-refractivity contribution in [1.82, 2.24) is 14.7 Å². The van der Waals surface area contributed by atoms with Gasteiger partial charge in [0, 0.05) is 107 Å². The van der Waals surface area contributed by atoms with Crippen LogP contribution in [0.1, 0.15) is 67.9 Å². The van der Waals surface area contributed by atoms with Crippen molar-refractivity contribution in [1.29, 1.82) is 0 Å². The molecule has 0 fully saturated rings. The Bertz CT molecular complexity index is 3340. The standard InChI is InChI=1S/C54H37F6N3O4S2/c1-29-40(46-47(53(57,58)54(59,60)52(46,55)56)43-30(2)69-41-18-4-3-13-35(41)43)27-42(68-29)32-21-19-31(20-22-32)28-61(23-25-62-48(64)36-14-5-9-33-10-6-15-37(44(33)36)49(62)65)24-26-63-50(66)38-16-7-11-34-12-8-17-39(45(34)38)51(63)67/h3-22,27H,23-26,28H2,1-2H3. The van der Waals surface area contributed by atoms with Crippen LogP contribution < -0.4 is 0 Å². The highest BCUT2D eigenvalue weighted by Gasteiger charge is 2.80. The van der Waals surface area contributed by atoms with Crippen LogP contribution in [0.3, 0.4) is 0 Å². The second kappa shape index (κ2) is 16.1. The molecule has 4 heterocycles. The van der Waals surface area contributed by atoms with Crippen LogP contribution in [0.4, 0.5) is 26.3 Å². The van der Waals surface area contributed by atoms with Gasteiger partial charge in [-0.3, -0.25) is 33.9 Å². The van der Waals surface area contributed by atoms with Gasteiger partial charge in [0.1, 0.15) is 0 Å². The number of allylic oxidation sites excluding steroid dienone is 2. The number of rotatable bonds is 11. The van der Waals surface area contributed by atoms with E-state index in [1.807, 2.05) is 29.2 Å². The van der Waals surface area contributed by atoms with Crippen LogP contribution in [0.25, 0.3) is 53.2 Å². The Labute approximate surface area is 398 Å². The van der Waals surface area contributed by atoms with Crippen LogP contribution in [0, 0.1) is 13.8 Å². The molecule has 0 radical (unpaired) electrons. The van der Waals surface area contributed by atoms with Gasteiger partial charge in [-0.25, -0.2) is 0 Å². The summed E-state index contributed by atoms with van der Waals surface area (Å²) < 4.78 is 95.3. The lowest BCUT2D eigenvalue weighted by atomic mass is 9.93. The van der Waals surface area contributed by atoms with Crippen LogP contribution in [-0.4, -0.2) is 82.3 Å². The predicted octanol–water partition coefficient (Wildman–Crippen LogP) is 12.8. The Balaban J connectivity index is 0.901. The van der Waals surface area contributed by atoms with E-state index in [9.17, 15) is 19.2 Å². The van der Waals surface area contributed by atoms with Crippen LogP contribution in [0.15, 0.2) is 127 Å². The van der Waals surface area contributed by atoms with Gasteiger partial charge in [0.25, 0.3) is 23.6 Å². The van der Waals surface area contributed by atoms with E-state index in [0.717, 1.165) is 39.0 Å². The smallest absolute Gasteiger partial charge is 0.296 e. The molecule has 0 saturated heterocycles. The molecule has 346 valence electrons. The van der Waals surface area contributed by atoms with Gasteiger partial charge in [-0.2, -0.15) is 26.3 Å². The molecule has 15 heteroatoms. The SMILES string of the molecule is Cc1sc(-c2ccc(CN(CCN3C(=O)c4cccc5cccc(c45)C3=O)CCN3C(=O)c4cccc5cccc(c45)C3=O)cc2)cc1C1=C(c2c(C)sc3ccccc23)C(F)(F)C(F)(F)C1(F)F. The molecular weight excluding hydrogens is 933 g/mol. The molecule has 0 unspecified atom stereocenters. The second-order valence-electron chi connectivity index (χ2n) is 17.5. The predicted molar refractivity (Wildman–Crippen MR) is 257 cm³/mol. The van der Waals surface area contributed by atoms with Crippen LogP contribution in [-0.2, 0) is 6.54 Å². The number of carbonyl (C=O) groups is 4. The summed E-state index contributed by atoms with van der Waals surface area (Å²) in [6.07, 6.45) is 0. The monoisotopic (exact) mass is 969 g/mol. The summed E-state index contributed by atoms with van der Waals surface area (Å²) in [6, 6.07) is 35.6. The number of hydrogen-bond donors (Lipinski definition) is 0. The van der Waals surface area contributed by atoms with Gasteiger partial charge in [-0.1, -0.05) is 91.0 Å².